The largest absolute Gasteiger partial charge is 0.497 e. The number of carbonyl (C=O) groups excluding carboxylic acids is 4. The summed E-state index contributed by atoms with van der Waals surface area (Å²) < 4.78 is 13.6. The van der Waals surface area contributed by atoms with Gasteiger partial charge in [0.05, 0.1) is 43.5 Å². The van der Waals surface area contributed by atoms with Gasteiger partial charge in [0, 0.05) is 122 Å². The highest BCUT2D eigenvalue weighted by molar-refractivity contribution is 6.09. The zero-order valence-electron chi connectivity index (χ0n) is 43.6. The van der Waals surface area contributed by atoms with Crippen LogP contribution in [-0.2, 0) is 32.1 Å². The van der Waals surface area contributed by atoms with Crippen molar-refractivity contribution in [1.29, 1.82) is 0 Å². The molecule has 0 unspecified atom stereocenters. The lowest BCUT2D eigenvalue weighted by molar-refractivity contribution is -0.137. The molecule has 1 aromatic carbocycles. The first-order valence-electron chi connectivity index (χ1n) is 25.9. The van der Waals surface area contributed by atoms with Crippen LogP contribution in [-0.4, -0.2) is 150 Å². The van der Waals surface area contributed by atoms with Gasteiger partial charge in [-0.25, -0.2) is 9.97 Å². The number of nitrogens with one attached hydrogen (secondary N) is 3. The third-order valence-electron chi connectivity index (χ3n) is 13.6. The molecule has 8 N–H and O–H groups in total. The molecule has 1 saturated heterocycles. The van der Waals surface area contributed by atoms with Crippen molar-refractivity contribution in [2.24, 2.45) is 28.7 Å². The van der Waals surface area contributed by atoms with Crippen LogP contribution in [0.25, 0.3) is 0 Å². The van der Waals surface area contributed by atoms with Crippen LogP contribution in [0.15, 0.2) is 60.9 Å². The van der Waals surface area contributed by atoms with Crippen molar-refractivity contribution in [3.05, 3.63) is 83.4 Å². The summed E-state index contributed by atoms with van der Waals surface area (Å²) in [4.78, 5) is 79.4. The SMILES string of the molecule is COc1ccc(C(=O)N(CC(C)(C)CCn2cc(CC(=O)NCCN(CCC(=O)NCCN)CCC(=O)NCCN)nn2)c2cccc(C)n2)c(N2CCC(COc3cc([C@@H](CC(=O)O)C4CC4)ccn3)CC2)c1. The number of benzene rings is 1. The molecule has 2 fully saturated rings. The second-order valence-corrected chi connectivity index (χ2v) is 20.2. The zero-order chi connectivity index (χ0) is 53.0. The van der Waals surface area contributed by atoms with Crippen LogP contribution in [0.2, 0.25) is 0 Å². The van der Waals surface area contributed by atoms with Crippen LogP contribution in [0, 0.1) is 24.2 Å². The van der Waals surface area contributed by atoms with Gasteiger partial charge in [-0.2, -0.15) is 0 Å². The Morgan fingerprint density at radius 1 is 0.892 bits per heavy atom. The number of nitrogens with two attached hydrogens (primary N) is 2. The van der Waals surface area contributed by atoms with Crippen LogP contribution >= 0.6 is 0 Å². The summed E-state index contributed by atoms with van der Waals surface area (Å²) in [6.07, 6.45) is 8.41. The minimum Gasteiger partial charge on any atom is -0.497 e. The minimum absolute atomic E-state index is 0.0213. The number of aliphatic carboxylic acids is 1. The summed E-state index contributed by atoms with van der Waals surface area (Å²) >= 11 is 0. The zero-order valence-corrected chi connectivity index (χ0v) is 43.6. The Labute approximate surface area is 434 Å². The first-order valence-corrected chi connectivity index (χ1v) is 25.9. The standard InChI is InChI=1S/C53H77N13O8/c1-37-6-5-7-46(60-37)66(36-53(2,3)17-28-65-34-41(61-62-65)31-49(69)58-23-29-63(24-15-47(67)56-21-18-54)25-16-48(68)57-22-19-55)52(72)43-11-10-42(73-4)32-45(43)64-26-13-38(14-27-64)35-74-50-30-40(12-20-59-50)44(33-51(70)71)39-8-9-39/h5-7,10-12,20,30,32,34,38-39,44H,8-9,13-19,21-29,31,33,35-36,54-55H2,1-4H3,(H,56,67)(H,57,68)(H,58,69)(H,70,71)/t44-/m0/s1. The number of ether oxygens (including phenoxy) is 2. The Hall–Kier alpha value is -6.71. The average molecular weight is 1020 g/mol. The van der Waals surface area contributed by atoms with Gasteiger partial charge in [0.2, 0.25) is 23.6 Å². The van der Waals surface area contributed by atoms with E-state index >= 15 is 4.79 Å². The van der Waals surface area contributed by atoms with E-state index in [1.165, 1.54) is 0 Å². The molecule has 6 rings (SSSR count). The number of hydrogen-bond acceptors (Lipinski definition) is 15. The lowest BCUT2D eigenvalue weighted by atomic mass is 9.88. The van der Waals surface area contributed by atoms with E-state index in [1.807, 2.05) is 60.4 Å². The van der Waals surface area contributed by atoms with Gasteiger partial charge in [0.25, 0.3) is 5.91 Å². The number of carbonyl (C=O) groups is 5. The Balaban J connectivity index is 1.04. The number of pyridine rings is 2. The number of aromatic nitrogens is 5. The summed E-state index contributed by atoms with van der Waals surface area (Å²) in [5.41, 5.74) is 14.2. The third kappa shape index (κ3) is 18.0. The fourth-order valence-electron chi connectivity index (χ4n) is 9.17. The highest BCUT2D eigenvalue weighted by atomic mass is 16.5. The smallest absolute Gasteiger partial charge is 0.303 e. The van der Waals surface area contributed by atoms with Gasteiger partial charge in [-0.05, 0) is 98.1 Å². The predicted octanol–water partition coefficient (Wildman–Crippen LogP) is 3.30. The molecule has 1 aliphatic carbocycles. The minimum atomic E-state index is -0.798. The summed E-state index contributed by atoms with van der Waals surface area (Å²) in [5.74, 6) is 0.827. The van der Waals surface area contributed by atoms with Crippen molar-refractivity contribution in [2.75, 3.05) is 95.5 Å². The highest BCUT2D eigenvalue weighted by Gasteiger charge is 2.35. The molecule has 4 aromatic rings. The Morgan fingerprint density at radius 3 is 2.24 bits per heavy atom. The normalized spacial score (nSPS) is 14.3. The molecule has 21 nitrogen and oxygen atoms in total. The average Bonchev–Trinajstić information content (AvgIpc) is 4.14. The van der Waals surface area contributed by atoms with E-state index < -0.39 is 11.4 Å². The van der Waals surface area contributed by atoms with Crippen molar-refractivity contribution < 1.29 is 38.6 Å². The van der Waals surface area contributed by atoms with E-state index in [0.29, 0.717) is 126 Å². The molecule has 402 valence electrons. The first kappa shape index (κ1) is 56.6. The number of amides is 4. The molecule has 1 saturated carbocycles. The van der Waals surface area contributed by atoms with Crippen molar-refractivity contribution in [2.45, 2.75) is 91.0 Å². The molecule has 0 radical (unpaired) electrons. The van der Waals surface area contributed by atoms with Crippen molar-refractivity contribution >= 4 is 41.1 Å². The number of carboxylic acids is 1. The molecule has 2 aliphatic rings. The summed E-state index contributed by atoms with van der Waals surface area (Å²) in [6, 6.07) is 15.0. The molecule has 0 spiro atoms. The third-order valence-corrected chi connectivity index (χ3v) is 13.6. The van der Waals surface area contributed by atoms with Gasteiger partial charge in [-0.3, -0.25) is 33.6 Å². The molecule has 1 aliphatic heterocycles. The van der Waals surface area contributed by atoms with E-state index in [4.69, 9.17) is 25.9 Å². The Kier molecular flexibility index (Phi) is 21.5. The molecule has 21 heteroatoms. The Morgan fingerprint density at radius 2 is 1.59 bits per heavy atom. The highest BCUT2D eigenvalue weighted by Crippen LogP contribution is 2.45. The van der Waals surface area contributed by atoms with E-state index in [1.54, 1.807) is 29.1 Å². The van der Waals surface area contributed by atoms with Crippen molar-refractivity contribution in [1.82, 2.24) is 45.8 Å². The summed E-state index contributed by atoms with van der Waals surface area (Å²) in [5, 5.41) is 26.6. The topological polar surface area (TPSA) is 278 Å². The molecule has 3 aromatic heterocycles. The number of piperidine rings is 1. The number of rotatable bonds is 31. The molecule has 0 bridgehead atoms. The van der Waals surface area contributed by atoms with E-state index in [2.05, 4.69) is 50.0 Å². The number of anilines is 2. The Bertz CT molecular complexity index is 2450. The van der Waals surface area contributed by atoms with Gasteiger partial charge < -0.3 is 51.8 Å². The number of aryl methyl sites for hydroxylation is 2. The lowest BCUT2D eigenvalue weighted by Crippen LogP contribution is -2.42. The fraction of sp³-hybridized carbons (Fsp3) is 0.566. The van der Waals surface area contributed by atoms with Gasteiger partial charge >= 0.3 is 5.97 Å². The monoisotopic (exact) mass is 1020 g/mol. The van der Waals surface area contributed by atoms with Crippen LogP contribution in [0.4, 0.5) is 11.5 Å². The van der Waals surface area contributed by atoms with Crippen molar-refractivity contribution in [3.8, 4) is 11.6 Å². The van der Waals surface area contributed by atoms with Crippen molar-refractivity contribution in [3.63, 3.8) is 0 Å². The number of nitrogens with zero attached hydrogens (tertiary/aromatic N) is 8. The fourth-order valence-corrected chi connectivity index (χ4v) is 9.17. The molecule has 74 heavy (non-hydrogen) atoms. The predicted molar refractivity (Wildman–Crippen MR) is 281 cm³/mol. The van der Waals surface area contributed by atoms with Crippen LogP contribution in [0.1, 0.15) is 98.4 Å². The summed E-state index contributed by atoms with van der Waals surface area (Å²) in [7, 11) is 1.62. The molecule has 4 heterocycles. The van der Waals surface area contributed by atoms with Gasteiger partial charge in [-0.15, -0.1) is 5.10 Å². The maximum atomic E-state index is 15.0. The van der Waals surface area contributed by atoms with Gasteiger partial charge in [0.1, 0.15) is 11.6 Å². The van der Waals surface area contributed by atoms with Crippen LogP contribution < -0.4 is 46.7 Å². The van der Waals surface area contributed by atoms with E-state index in [0.717, 1.165) is 42.6 Å². The van der Waals surface area contributed by atoms with Crippen LogP contribution in [0.3, 0.4) is 0 Å². The van der Waals surface area contributed by atoms with Gasteiger partial charge in [0.15, 0.2) is 0 Å². The second kappa shape index (κ2) is 28.1. The number of carboxylic acid groups (broad SMARTS) is 1. The van der Waals surface area contributed by atoms with Crippen LogP contribution in [0.5, 0.6) is 11.6 Å². The van der Waals surface area contributed by atoms with E-state index in [-0.39, 0.29) is 61.1 Å². The quantitative estimate of drug-likeness (QED) is 0.0422. The van der Waals surface area contributed by atoms with Gasteiger partial charge in [-0.1, -0.05) is 25.1 Å². The number of hydrogen-bond donors (Lipinski definition) is 6. The first-order chi connectivity index (χ1) is 35.6. The lowest BCUT2D eigenvalue weighted by Gasteiger charge is -2.36. The van der Waals surface area contributed by atoms with E-state index in [9.17, 15) is 24.3 Å². The molecule has 4 amide bonds. The number of methoxy groups -OCH3 is 1. The maximum Gasteiger partial charge on any atom is 0.303 e. The maximum absolute atomic E-state index is 15.0. The molecular weight excluding hydrogens is 947 g/mol. The molecule has 1 atom stereocenters. The second-order valence-electron chi connectivity index (χ2n) is 20.2. The molecular formula is C53H77N13O8. The summed E-state index contributed by atoms with van der Waals surface area (Å²) in [6.45, 7) is 11.8.